The van der Waals surface area contributed by atoms with Crippen LogP contribution in [0.15, 0.2) is 24.3 Å². The van der Waals surface area contributed by atoms with E-state index in [9.17, 15) is 9.59 Å². The van der Waals surface area contributed by atoms with Gasteiger partial charge in [0.05, 0.1) is 12.5 Å². The lowest BCUT2D eigenvalue weighted by Crippen LogP contribution is -2.40. The highest BCUT2D eigenvalue weighted by molar-refractivity contribution is 5.94. The minimum absolute atomic E-state index is 0.224. The second kappa shape index (κ2) is 7.82. The summed E-state index contributed by atoms with van der Waals surface area (Å²) < 4.78 is 5.55. The largest absolute Gasteiger partial charge is 0.494 e. The van der Waals surface area contributed by atoms with Gasteiger partial charge < -0.3 is 15.2 Å². The average Bonchev–Trinajstić information content (AvgIpc) is 2.96. The molecule has 2 atom stereocenters. The number of unbranched alkanes of at least 4 members (excludes halogenated alkanes) is 1. The molecule has 22 heavy (non-hydrogen) atoms. The molecule has 1 aromatic rings. The van der Waals surface area contributed by atoms with Gasteiger partial charge in [-0.1, -0.05) is 19.8 Å². The quantitative estimate of drug-likeness (QED) is 0.760. The fraction of sp³-hybridized carbons (Fsp3) is 0.529. The third-order valence-electron chi connectivity index (χ3n) is 4.03. The molecule has 0 radical (unpaired) electrons. The normalized spacial score (nSPS) is 20.6. The number of hydrogen-bond donors (Lipinski definition) is 2. The highest BCUT2D eigenvalue weighted by Crippen LogP contribution is 2.26. The first-order valence-corrected chi connectivity index (χ1v) is 7.88. The smallest absolute Gasteiger partial charge is 0.308 e. The Morgan fingerprint density at radius 1 is 1.27 bits per heavy atom. The molecule has 1 aliphatic rings. The third kappa shape index (κ3) is 4.23. The van der Waals surface area contributed by atoms with Crippen LogP contribution in [0.5, 0.6) is 5.75 Å². The van der Waals surface area contributed by atoms with Crippen LogP contribution in [-0.4, -0.2) is 29.6 Å². The highest BCUT2D eigenvalue weighted by Gasteiger charge is 2.33. The Bertz CT molecular complexity index is 512. The summed E-state index contributed by atoms with van der Waals surface area (Å²) in [5.41, 5.74) is 0.527. The van der Waals surface area contributed by atoms with Crippen molar-refractivity contribution >= 4 is 11.9 Å². The van der Waals surface area contributed by atoms with Gasteiger partial charge in [-0.15, -0.1) is 0 Å². The van der Waals surface area contributed by atoms with Crippen LogP contribution in [-0.2, 0) is 4.79 Å². The van der Waals surface area contributed by atoms with Gasteiger partial charge in [0.15, 0.2) is 0 Å². The first kappa shape index (κ1) is 16.3. The molecular weight excluding hydrogens is 282 g/mol. The molecule has 5 nitrogen and oxygen atoms in total. The molecule has 1 fully saturated rings. The van der Waals surface area contributed by atoms with Gasteiger partial charge in [0.2, 0.25) is 0 Å². The van der Waals surface area contributed by atoms with Gasteiger partial charge in [-0.3, -0.25) is 9.59 Å². The molecule has 0 unspecified atom stereocenters. The standard InChI is InChI=1S/C17H23NO4/c1-2-3-11-22-13-9-7-12(8-10-13)16(19)18-15-6-4-5-14(15)17(20)21/h7-10,14-15H,2-6,11H2,1H3,(H,18,19)(H,20,21)/t14-,15+/m0/s1. The molecule has 1 amide bonds. The van der Waals surface area contributed by atoms with E-state index in [4.69, 9.17) is 9.84 Å². The van der Waals surface area contributed by atoms with Gasteiger partial charge in [0.25, 0.3) is 5.91 Å². The van der Waals surface area contributed by atoms with E-state index in [-0.39, 0.29) is 11.9 Å². The maximum atomic E-state index is 12.2. The van der Waals surface area contributed by atoms with Crippen molar-refractivity contribution in [2.24, 2.45) is 5.92 Å². The molecule has 0 heterocycles. The summed E-state index contributed by atoms with van der Waals surface area (Å²) in [6.07, 6.45) is 4.27. The molecule has 2 N–H and O–H groups in total. The Kier molecular flexibility index (Phi) is 5.81. The van der Waals surface area contributed by atoms with E-state index in [1.165, 1.54) is 0 Å². The summed E-state index contributed by atoms with van der Waals surface area (Å²) in [6, 6.07) is 6.69. The zero-order valence-corrected chi connectivity index (χ0v) is 12.9. The number of nitrogens with one attached hydrogen (secondary N) is 1. The van der Waals surface area contributed by atoms with E-state index >= 15 is 0 Å². The number of carbonyl (C=O) groups is 2. The van der Waals surface area contributed by atoms with Gasteiger partial charge in [-0.05, 0) is 43.5 Å². The average molecular weight is 305 g/mol. The highest BCUT2D eigenvalue weighted by atomic mass is 16.5. The van der Waals surface area contributed by atoms with Crippen LogP contribution in [0.2, 0.25) is 0 Å². The van der Waals surface area contributed by atoms with E-state index in [1.807, 2.05) is 0 Å². The maximum absolute atomic E-state index is 12.2. The molecule has 1 saturated carbocycles. The topological polar surface area (TPSA) is 75.6 Å². The van der Waals surface area contributed by atoms with Crippen LogP contribution in [0.4, 0.5) is 0 Å². The molecular formula is C17H23NO4. The number of ether oxygens (including phenoxy) is 1. The Morgan fingerprint density at radius 2 is 2.00 bits per heavy atom. The summed E-state index contributed by atoms with van der Waals surface area (Å²) in [5.74, 6) is -0.782. The van der Waals surface area contributed by atoms with Crippen LogP contribution in [0.1, 0.15) is 49.4 Å². The van der Waals surface area contributed by atoms with Crippen molar-refractivity contribution in [2.45, 2.75) is 45.1 Å². The van der Waals surface area contributed by atoms with Crippen molar-refractivity contribution in [3.63, 3.8) is 0 Å². The maximum Gasteiger partial charge on any atom is 0.308 e. The molecule has 0 aliphatic heterocycles. The van der Waals surface area contributed by atoms with Crippen molar-refractivity contribution in [1.82, 2.24) is 5.32 Å². The molecule has 0 saturated heterocycles. The lowest BCUT2D eigenvalue weighted by Gasteiger charge is -2.17. The number of carboxylic acids is 1. The molecule has 2 rings (SSSR count). The van der Waals surface area contributed by atoms with E-state index < -0.39 is 11.9 Å². The fourth-order valence-electron chi connectivity index (χ4n) is 2.72. The number of amides is 1. The predicted octanol–water partition coefficient (Wildman–Crippen LogP) is 2.85. The van der Waals surface area contributed by atoms with Crippen molar-refractivity contribution in [1.29, 1.82) is 0 Å². The first-order valence-electron chi connectivity index (χ1n) is 7.88. The number of aliphatic carboxylic acids is 1. The predicted molar refractivity (Wildman–Crippen MR) is 83.1 cm³/mol. The lowest BCUT2D eigenvalue weighted by atomic mass is 10.0. The minimum atomic E-state index is -0.831. The zero-order valence-electron chi connectivity index (χ0n) is 12.9. The molecule has 1 aromatic carbocycles. The van der Waals surface area contributed by atoms with E-state index in [2.05, 4.69) is 12.2 Å². The van der Waals surface area contributed by atoms with Crippen molar-refractivity contribution in [3.05, 3.63) is 29.8 Å². The number of carbonyl (C=O) groups excluding carboxylic acids is 1. The Labute approximate surface area is 130 Å². The summed E-state index contributed by atoms with van der Waals surface area (Å²) >= 11 is 0. The molecule has 0 spiro atoms. The van der Waals surface area contributed by atoms with E-state index in [0.717, 1.165) is 31.4 Å². The number of hydrogen-bond acceptors (Lipinski definition) is 3. The van der Waals surface area contributed by atoms with Crippen LogP contribution >= 0.6 is 0 Å². The second-order valence-electron chi connectivity index (χ2n) is 5.68. The van der Waals surface area contributed by atoms with Crippen molar-refractivity contribution in [2.75, 3.05) is 6.61 Å². The van der Waals surface area contributed by atoms with E-state index in [1.54, 1.807) is 24.3 Å². The number of rotatable bonds is 7. The summed E-state index contributed by atoms with van der Waals surface area (Å²) in [4.78, 5) is 23.3. The van der Waals surface area contributed by atoms with Crippen molar-refractivity contribution in [3.8, 4) is 5.75 Å². The monoisotopic (exact) mass is 305 g/mol. The SMILES string of the molecule is CCCCOc1ccc(C(=O)N[C@@H]2CCC[C@@H]2C(=O)O)cc1. The summed E-state index contributed by atoms with van der Waals surface area (Å²) in [7, 11) is 0. The van der Waals surface area contributed by atoms with Gasteiger partial charge in [-0.2, -0.15) is 0 Å². The van der Waals surface area contributed by atoms with Gasteiger partial charge in [0, 0.05) is 11.6 Å². The van der Waals surface area contributed by atoms with Crippen LogP contribution in [0.3, 0.4) is 0 Å². The second-order valence-corrected chi connectivity index (χ2v) is 5.68. The zero-order chi connectivity index (χ0) is 15.9. The van der Waals surface area contributed by atoms with E-state index in [0.29, 0.717) is 18.6 Å². The number of carboxylic acid groups (broad SMARTS) is 1. The van der Waals surface area contributed by atoms with Gasteiger partial charge >= 0.3 is 5.97 Å². The summed E-state index contributed by atoms with van der Waals surface area (Å²) in [5, 5.41) is 12.0. The Balaban J connectivity index is 1.91. The first-order chi connectivity index (χ1) is 10.6. The fourth-order valence-corrected chi connectivity index (χ4v) is 2.72. The Hall–Kier alpha value is -2.04. The number of benzene rings is 1. The van der Waals surface area contributed by atoms with Crippen molar-refractivity contribution < 1.29 is 19.4 Å². The van der Waals surface area contributed by atoms with Crippen LogP contribution in [0.25, 0.3) is 0 Å². The molecule has 1 aliphatic carbocycles. The molecule has 120 valence electrons. The lowest BCUT2D eigenvalue weighted by molar-refractivity contribution is -0.142. The third-order valence-corrected chi connectivity index (χ3v) is 4.03. The van der Waals surface area contributed by atoms with Crippen LogP contribution < -0.4 is 10.1 Å². The van der Waals surface area contributed by atoms with Gasteiger partial charge in [0.1, 0.15) is 5.75 Å². The Morgan fingerprint density at radius 3 is 2.64 bits per heavy atom. The molecule has 0 bridgehead atoms. The van der Waals surface area contributed by atoms with Crippen LogP contribution in [0, 0.1) is 5.92 Å². The summed E-state index contributed by atoms with van der Waals surface area (Å²) in [6.45, 7) is 2.77. The molecule has 5 heteroatoms. The molecule has 0 aromatic heterocycles. The van der Waals surface area contributed by atoms with Gasteiger partial charge in [-0.25, -0.2) is 0 Å². The minimum Gasteiger partial charge on any atom is -0.494 e.